The van der Waals surface area contributed by atoms with Gasteiger partial charge in [-0.1, -0.05) is 6.42 Å². The summed E-state index contributed by atoms with van der Waals surface area (Å²) in [6, 6.07) is 1.96. The number of fused-ring (bicyclic) bond motifs is 1. The van der Waals surface area contributed by atoms with Gasteiger partial charge in [-0.25, -0.2) is 0 Å². The molecular weight excluding hydrogens is 274 g/mol. The van der Waals surface area contributed by atoms with Crippen LogP contribution in [-0.4, -0.2) is 30.3 Å². The van der Waals surface area contributed by atoms with Gasteiger partial charge in [0, 0.05) is 17.8 Å². The average Bonchev–Trinajstić information content (AvgIpc) is 2.89. The Morgan fingerprint density at radius 3 is 3.20 bits per heavy atom. The Morgan fingerprint density at radius 1 is 1.50 bits per heavy atom. The van der Waals surface area contributed by atoms with Gasteiger partial charge >= 0.3 is 0 Å². The van der Waals surface area contributed by atoms with E-state index in [1.807, 2.05) is 6.07 Å². The molecule has 2 N–H and O–H groups in total. The first-order chi connectivity index (χ1) is 9.72. The Balaban J connectivity index is 1.55. The first-order valence-electron chi connectivity index (χ1n) is 7.38. The monoisotopic (exact) mass is 295 g/mol. The third kappa shape index (κ3) is 3.22. The van der Waals surface area contributed by atoms with Crippen molar-refractivity contribution in [3.8, 4) is 0 Å². The number of rotatable bonds is 3. The molecule has 1 aliphatic heterocycles. The number of aliphatic hydroxyl groups excluding tert-OH is 1. The SMILES string of the molecule is O=C(NCC1CCCC(O)C1)c1cc2c(s1)CCOC2. The van der Waals surface area contributed by atoms with E-state index in [2.05, 4.69) is 5.32 Å². The third-order valence-electron chi connectivity index (χ3n) is 4.16. The highest BCUT2D eigenvalue weighted by Crippen LogP contribution is 2.27. The van der Waals surface area contributed by atoms with Gasteiger partial charge in [0.1, 0.15) is 0 Å². The molecule has 1 aromatic heterocycles. The van der Waals surface area contributed by atoms with Gasteiger partial charge in [-0.3, -0.25) is 4.79 Å². The Hall–Kier alpha value is -0.910. The predicted octanol–water partition coefficient (Wildman–Crippen LogP) is 2.10. The van der Waals surface area contributed by atoms with E-state index in [0.717, 1.165) is 43.6 Å². The summed E-state index contributed by atoms with van der Waals surface area (Å²) in [6.45, 7) is 2.07. The molecule has 0 saturated heterocycles. The maximum Gasteiger partial charge on any atom is 0.261 e. The van der Waals surface area contributed by atoms with Crippen LogP contribution in [0.3, 0.4) is 0 Å². The van der Waals surface area contributed by atoms with Crippen molar-refractivity contribution in [1.29, 1.82) is 0 Å². The quantitative estimate of drug-likeness (QED) is 0.898. The molecule has 20 heavy (non-hydrogen) atoms. The molecule has 3 rings (SSSR count). The molecule has 2 atom stereocenters. The van der Waals surface area contributed by atoms with E-state index in [0.29, 0.717) is 19.1 Å². The summed E-state index contributed by atoms with van der Waals surface area (Å²) < 4.78 is 5.40. The molecule has 0 bridgehead atoms. The first-order valence-corrected chi connectivity index (χ1v) is 8.19. The van der Waals surface area contributed by atoms with E-state index in [4.69, 9.17) is 4.74 Å². The van der Waals surface area contributed by atoms with Gasteiger partial charge in [-0.15, -0.1) is 11.3 Å². The largest absolute Gasteiger partial charge is 0.393 e. The second-order valence-electron chi connectivity index (χ2n) is 5.76. The van der Waals surface area contributed by atoms with Crippen LogP contribution >= 0.6 is 11.3 Å². The zero-order valence-electron chi connectivity index (χ0n) is 11.6. The maximum absolute atomic E-state index is 12.2. The fourth-order valence-corrected chi connectivity index (χ4v) is 4.10. The average molecular weight is 295 g/mol. The van der Waals surface area contributed by atoms with Crippen LogP contribution in [0.4, 0.5) is 0 Å². The fraction of sp³-hybridized carbons (Fsp3) is 0.667. The van der Waals surface area contributed by atoms with Crippen LogP contribution in [0.15, 0.2) is 6.07 Å². The molecular formula is C15H21NO3S. The van der Waals surface area contributed by atoms with Crippen molar-refractivity contribution in [3.05, 3.63) is 21.4 Å². The van der Waals surface area contributed by atoms with Gasteiger partial charge < -0.3 is 15.2 Å². The molecule has 2 heterocycles. The standard InChI is InChI=1S/C15H21NO3S/c17-12-3-1-2-10(6-12)8-16-15(18)14-7-11-9-19-5-4-13(11)20-14/h7,10,12,17H,1-6,8-9H2,(H,16,18). The van der Waals surface area contributed by atoms with Crippen molar-refractivity contribution < 1.29 is 14.6 Å². The summed E-state index contributed by atoms with van der Waals surface area (Å²) in [7, 11) is 0. The van der Waals surface area contributed by atoms with E-state index in [1.165, 1.54) is 10.4 Å². The number of nitrogens with one attached hydrogen (secondary N) is 1. The zero-order valence-corrected chi connectivity index (χ0v) is 12.4. The van der Waals surface area contributed by atoms with Crippen LogP contribution in [0.5, 0.6) is 0 Å². The van der Waals surface area contributed by atoms with Crippen LogP contribution in [0.1, 0.15) is 45.8 Å². The Bertz CT molecular complexity index is 462. The highest BCUT2D eigenvalue weighted by atomic mass is 32.1. The lowest BCUT2D eigenvalue weighted by atomic mass is 9.87. The Morgan fingerprint density at radius 2 is 2.40 bits per heavy atom. The molecule has 2 aliphatic rings. The minimum Gasteiger partial charge on any atom is -0.393 e. The predicted molar refractivity (Wildman–Crippen MR) is 78.0 cm³/mol. The number of hydrogen-bond acceptors (Lipinski definition) is 4. The van der Waals surface area contributed by atoms with E-state index in [-0.39, 0.29) is 12.0 Å². The van der Waals surface area contributed by atoms with Crippen LogP contribution < -0.4 is 5.32 Å². The molecule has 2 unspecified atom stereocenters. The van der Waals surface area contributed by atoms with Gasteiger partial charge in [0.05, 0.1) is 24.2 Å². The summed E-state index contributed by atoms with van der Waals surface area (Å²) in [6.07, 6.45) is 4.62. The van der Waals surface area contributed by atoms with E-state index < -0.39 is 0 Å². The minimum atomic E-state index is -0.183. The Kier molecular flexibility index (Phi) is 4.38. The second-order valence-corrected chi connectivity index (χ2v) is 6.89. The zero-order chi connectivity index (χ0) is 13.9. The number of carbonyl (C=O) groups is 1. The second kappa shape index (κ2) is 6.24. The fourth-order valence-electron chi connectivity index (χ4n) is 3.03. The van der Waals surface area contributed by atoms with Crippen molar-refractivity contribution in [1.82, 2.24) is 5.32 Å². The molecule has 110 valence electrons. The molecule has 5 heteroatoms. The highest BCUT2D eigenvalue weighted by molar-refractivity contribution is 7.14. The molecule has 0 aromatic carbocycles. The van der Waals surface area contributed by atoms with Gasteiger partial charge in [0.2, 0.25) is 0 Å². The van der Waals surface area contributed by atoms with Crippen molar-refractivity contribution in [3.63, 3.8) is 0 Å². The topological polar surface area (TPSA) is 58.6 Å². The lowest BCUT2D eigenvalue weighted by Crippen LogP contribution is -2.32. The van der Waals surface area contributed by atoms with Gasteiger partial charge in [0.25, 0.3) is 5.91 Å². The van der Waals surface area contributed by atoms with Gasteiger partial charge in [-0.2, -0.15) is 0 Å². The molecule has 0 radical (unpaired) electrons. The number of thiophene rings is 1. The van der Waals surface area contributed by atoms with Crippen LogP contribution in [0.25, 0.3) is 0 Å². The van der Waals surface area contributed by atoms with Crippen molar-refractivity contribution >= 4 is 17.2 Å². The lowest BCUT2D eigenvalue weighted by Gasteiger charge is -2.25. The molecule has 0 spiro atoms. The number of ether oxygens (including phenoxy) is 1. The Labute approximate surface area is 123 Å². The van der Waals surface area contributed by atoms with Crippen molar-refractivity contribution in [2.75, 3.05) is 13.2 Å². The smallest absolute Gasteiger partial charge is 0.261 e. The molecule has 1 fully saturated rings. The number of amides is 1. The van der Waals surface area contributed by atoms with Gasteiger partial charge in [-0.05, 0) is 36.8 Å². The van der Waals surface area contributed by atoms with Crippen molar-refractivity contribution in [2.45, 2.75) is 44.8 Å². The molecule has 1 saturated carbocycles. The first kappa shape index (κ1) is 14.0. The van der Waals surface area contributed by atoms with Crippen LogP contribution in [0.2, 0.25) is 0 Å². The molecule has 1 aliphatic carbocycles. The molecule has 4 nitrogen and oxygen atoms in total. The number of carbonyl (C=O) groups excluding carboxylic acids is 1. The summed E-state index contributed by atoms with van der Waals surface area (Å²) in [5, 5.41) is 12.7. The highest BCUT2D eigenvalue weighted by Gasteiger charge is 2.22. The molecule has 1 amide bonds. The van der Waals surface area contributed by atoms with E-state index >= 15 is 0 Å². The lowest BCUT2D eigenvalue weighted by molar-refractivity contribution is 0.0876. The normalized spacial score (nSPS) is 26.1. The summed E-state index contributed by atoms with van der Waals surface area (Å²) >= 11 is 1.59. The third-order valence-corrected chi connectivity index (χ3v) is 5.39. The summed E-state index contributed by atoms with van der Waals surface area (Å²) in [5.41, 5.74) is 1.17. The van der Waals surface area contributed by atoms with E-state index in [9.17, 15) is 9.90 Å². The van der Waals surface area contributed by atoms with Crippen LogP contribution in [0, 0.1) is 5.92 Å². The van der Waals surface area contributed by atoms with Crippen molar-refractivity contribution in [2.24, 2.45) is 5.92 Å². The minimum absolute atomic E-state index is 0.0180. The number of hydrogen-bond donors (Lipinski definition) is 2. The van der Waals surface area contributed by atoms with Crippen LogP contribution in [-0.2, 0) is 17.8 Å². The van der Waals surface area contributed by atoms with Gasteiger partial charge in [0.15, 0.2) is 0 Å². The summed E-state index contributed by atoms with van der Waals surface area (Å²) in [4.78, 5) is 14.3. The number of aliphatic hydroxyl groups is 1. The van der Waals surface area contributed by atoms with E-state index in [1.54, 1.807) is 11.3 Å². The summed E-state index contributed by atoms with van der Waals surface area (Å²) in [5.74, 6) is 0.435. The maximum atomic E-state index is 12.2. The molecule has 1 aromatic rings.